The maximum atomic E-state index is 13.6. The summed E-state index contributed by atoms with van der Waals surface area (Å²) in [5, 5.41) is 3.73. The maximum absolute atomic E-state index is 13.6. The molecule has 1 amide bonds. The number of H-pyrrole nitrogens is 1. The van der Waals surface area contributed by atoms with Crippen LogP contribution in [0.1, 0.15) is 27.4 Å². The number of amides is 1. The first-order valence-electron chi connectivity index (χ1n) is 9.08. The lowest BCUT2D eigenvalue weighted by Crippen LogP contribution is -2.29. The van der Waals surface area contributed by atoms with Gasteiger partial charge in [0.1, 0.15) is 0 Å². The molecule has 0 saturated carbocycles. The Kier molecular flexibility index (Phi) is 5.32. The number of aromatic nitrogens is 1. The van der Waals surface area contributed by atoms with Gasteiger partial charge < -0.3 is 10.3 Å². The van der Waals surface area contributed by atoms with Gasteiger partial charge in [0.05, 0.1) is 10.6 Å². The molecule has 1 heterocycles. The van der Waals surface area contributed by atoms with Crippen LogP contribution in [-0.2, 0) is 0 Å². The van der Waals surface area contributed by atoms with Crippen LogP contribution < -0.4 is 5.32 Å². The van der Waals surface area contributed by atoms with Crippen LogP contribution >= 0.6 is 11.6 Å². The zero-order valence-electron chi connectivity index (χ0n) is 15.3. The Balaban J connectivity index is 1.65. The second kappa shape index (κ2) is 8.05. The van der Waals surface area contributed by atoms with E-state index in [1.54, 1.807) is 0 Å². The SMILES string of the molecule is O=C(NC[C@H](c1ccccc1)c1c[nH]c2ccccc12)c1cc(F)c(F)cc1Cl. The summed E-state index contributed by atoms with van der Waals surface area (Å²) in [7, 11) is 0. The minimum absolute atomic E-state index is 0.101. The average molecular weight is 411 g/mol. The highest BCUT2D eigenvalue weighted by Crippen LogP contribution is 2.30. The van der Waals surface area contributed by atoms with E-state index in [9.17, 15) is 13.6 Å². The van der Waals surface area contributed by atoms with E-state index in [-0.39, 0.29) is 23.0 Å². The second-order valence-electron chi connectivity index (χ2n) is 6.71. The molecule has 4 aromatic rings. The highest BCUT2D eigenvalue weighted by molar-refractivity contribution is 6.33. The van der Waals surface area contributed by atoms with Crippen molar-refractivity contribution < 1.29 is 13.6 Å². The van der Waals surface area contributed by atoms with Gasteiger partial charge in [-0.1, -0.05) is 60.1 Å². The normalized spacial score (nSPS) is 12.1. The Morgan fingerprint density at radius 3 is 2.48 bits per heavy atom. The summed E-state index contributed by atoms with van der Waals surface area (Å²) in [6, 6.07) is 19.3. The molecule has 1 aromatic heterocycles. The van der Waals surface area contributed by atoms with E-state index < -0.39 is 17.5 Å². The van der Waals surface area contributed by atoms with Gasteiger partial charge in [-0.05, 0) is 29.3 Å². The standard InChI is InChI=1S/C23H17ClF2N2O/c24-19-11-21(26)20(25)10-16(19)23(29)28-12-17(14-6-2-1-3-7-14)18-13-27-22-9-5-4-8-15(18)22/h1-11,13,17,27H,12H2,(H,28,29)/t17-/m1/s1. The highest BCUT2D eigenvalue weighted by atomic mass is 35.5. The van der Waals surface area contributed by atoms with Crippen LogP contribution in [0.2, 0.25) is 5.02 Å². The fourth-order valence-electron chi connectivity index (χ4n) is 3.46. The second-order valence-corrected chi connectivity index (χ2v) is 7.12. The smallest absolute Gasteiger partial charge is 0.252 e. The predicted octanol–water partition coefficient (Wildman–Crippen LogP) is 5.66. The van der Waals surface area contributed by atoms with Gasteiger partial charge in [0.15, 0.2) is 11.6 Å². The Morgan fingerprint density at radius 2 is 1.69 bits per heavy atom. The van der Waals surface area contributed by atoms with Gasteiger partial charge in [0.25, 0.3) is 5.91 Å². The number of nitrogens with one attached hydrogen (secondary N) is 2. The summed E-state index contributed by atoms with van der Waals surface area (Å²) in [4.78, 5) is 15.9. The Morgan fingerprint density at radius 1 is 1.00 bits per heavy atom. The molecule has 0 spiro atoms. The number of fused-ring (bicyclic) bond motifs is 1. The Labute approximate surface area is 171 Å². The number of benzene rings is 3. The lowest BCUT2D eigenvalue weighted by Gasteiger charge is -2.18. The van der Waals surface area contributed by atoms with Gasteiger partial charge in [-0.2, -0.15) is 0 Å². The molecule has 1 atom stereocenters. The minimum atomic E-state index is -1.12. The van der Waals surface area contributed by atoms with Crippen molar-refractivity contribution in [2.24, 2.45) is 0 Å². The molecule has 6 heteroatoms. The zero-order chi connectivity index (χ0) is 20.4. The van der Waals surface area contributed by atoms with E-state index in [0.717, 1.165) is 34.2 Å². The number of carbonyl (C=O) groups excluding carboxylic acids is 1. The third-order valence-electron chi connectivity index (χ3n) is 4.92. The predicted molar refractivity (Wildman–Crippen MR) is 110 cm³/mol. The van der Waals surface area contributed by atoms with Gasteiger partial charge in [0, 0.05) is 29.6 Å². The molecule has 0 radical (unpaired) electrons. The van der Waals surface area contributed by atoms with Crippen LogP contribution in [0.15, 0.2) is 72.9 Å². The van der Waals surface area contributed by atoms with Crippen LogP contribution in [0.5, 0.6) is 0 Å². The fraction of sp³-hybridized carbons (Fsp3) is 0.0870. The summed E-state index contributed by atoms with van der Waals surface area (Å²) >= 11 is 5.93. The van der Waals surface area contributed by atoms with E-state index >= 15 is 0 Å². The molecule has 0 aliphatic rings. The summed E-state index contributed by atoms with van der Waals surface area (Å²) in [6.45, 7) is 0.264. The minimum Gasteiger partial charge on any atom is -0.361 e. The van der Waals surface area contributed by atoms with Crippen molar-refractivity contribution >= 4 is 28.4 Å². The molecular weight excluding hydrogens is 394 g/mol. The molecule has 29 heavy (non-hydrogen) atoms. The first kappa shape index (κ1) is 19.2. The number of hydrogen-bond acceptors (Lipinski definition) is 1. The highest BCUT2D eigenvalue weighted by Gasteiger charge is 2.21. The summed E-state index contributed by atoms with van der Waals surface area (Å²) in [5.41, 5.74) is 2.95. The Bertz CT molecular complexity index is 1170. The lowest BCUT2D eigenvalue weighted by atomic mass is 9.91. The third-order valence-corrected chi connectivity index (χ3v) is 5.23. The fourth-order valence-corrected chi connectivity index (χ4v) is 3.70. The Hall–Kier alpha value is -3.18. The molecule has 146 valence electrons. The van der Waals surface area contributed by atoms with E-state index in [4.69, 9.17) is 11.6 Å². The summed E-state index contributed by atoms with van der Waals surface area (Å²) in [6.07, 6.45) is 1.93. The van der Waals surface area contributed by atoms with Crippen LogP contribution in [0.4, 0.5) is 8.78 Å². The van der Waals surface area contributed by atoms with Crippen LogP contribution in [0.3, 0.4) is 0 Å². The zero-order valence-corrected chi connectivity index (χ0v) is 16.0. The number of rotatable bonds is 5. The topological polar surface area (TPSA) is 44.9 Å². The van der Waals surface area contributed by atoms with Crippen molar-refractivity contribution in [1.29, 1.82) is 0 Å². The number of para-hydroxylation sites is 1. The molecule has 0 saturated heterocycles. The largest absolute Gasteiger partial charge is 0.361 e. The van der Waals surface area contributed by atoms with Gasteiger partial charge in [-0.15, -0.1) is 0 Å². The van der Waals surface area contributed by atoms with Gasteiger partial charge in [-0.25, -0.2) is 8.78 Å². The maximum Gasteiger partial charge on any atom is 0.252 e. The molecule has 0 unspecified atom stereocenters. The van der Waals surface area contributed by atoms with Crippen LogP contribution in [0.25, 0.3) is 10.9 Å². The molecule has 2 N–H and O–H groups in total. The van der Waals surface area contributed by atoms with Crippen molar-refractivity contribution in [3.05, 3.63) is 106 Å². The van der Waals surface area contributed by atoms with E-state index in [1.807, 2.05) is 60.8 Å². The van der Waals surface area contributed by atoms with E-state index in [0.29, 0.717) is 0 Å². The van der Waals surface area contributed by atoms with Gasteiger partial charge in [-0.3, -0.25) is 4.79 Å². The number of aromatic amines is 1. The molecule has 3 aromatic carbocycles. The van der Waals surface area contributed by atoms with Crippen molar-refractivity contribution in [2.75, 3.05) is 6.54 Å². The number of hydrogen-bond donors (Lipinski definition) is 2. The summed E-state index contributed by atoms with van der Waals surface area (Å²) in [5.74, 6) is -2.90. The molecule has 0 fully saturated rings. The quantitative estimate of drug-likeness (QED) is 0.409. The first-order chi connectivity index (χ1) is 14.0. The average Bonchev–Trinajstić information content (AvgIpc) is 3.15. The number of carbonyl (C=O) groups is 1. The van der Waals surface area contributed by atoms with Crippen molar-refractivity contribution in [3.63, 3.8) is 0 Å². The van der Waals surface area contributed by atoms with Gasteiger partial charge in [0.2, 0.25) is 0 Å². The molecule has 4 rings (SSSR count). The molecular formula is C23H17ClF2N2O. The molecule has 0 aliphatic carbocycles. The van der Waals surface area contributed by atoms with E-state index in [1.165, 1.54) is 0 Å². The van der Waals surface area contributed by atoms with Crippen LogP contribution in [-0.4, -0.2) is 17.4 Å². The van der Waals surface area contributed by atoms with E-state index in [2.05, 4.69) is 10.3 Å². The van der Waals surface area contributed by atoms with Crippen LogP contribution in [0, 0.1) is 11.6 Å². The number of halogens is 3. The molecule has 0 bridgehead atoms. The van der Waals surface area contributed by atoms with Crippen molar-refractivity contribution in [3.8, 4) is 0 Å². The van der Waals surface area contributed by atoms with Gasteiger partial charge >= 0.3 is 0 Å². The van der Waals surface area contributed by atoms with Crippen molar-refractivity contribution in [1.82, 2.24) is 10.3 Å². The third kappa shape index (κ3) is 3.87. The monoisotopic (exact) mass is 410 g/mol. The summed E-state index contributed by atoms with van der Waals surface area (Å²) < 4.78 is 26.9. The first-order valence-corrected chi connectivity index (χ1v) is 9.46. The molecule has 0 aliphatic heterocycles. The molecule has 3 nitrogen and oxygen atoms in total. The lowest BCUT2D eigenvalue weighted by molar-refractivity contribution is 0.0952. The van der Waals surface area contributed by atoms with Crippen molar-refractivity contribution in [2.45, 2.75) is 5.92 Å².